The minimum Gasteiger partial charge on any atom is -0.383 e. The van der Waals surface area contributed by atoms with Crippen molar-refractivity contribution in [2.24, 2.45) is 23.0 Å². The Morgan fingerprint density at radius 3 is 2.50 bits per heavy atom. The highest BCUT2D eigenvalue weighted by atomic mass is 16.5. The number of nitrogens with zero attached hydrogens (tertiary/aromatic N) is 1. The first kappa shape index (κ1) is 17.9. The van der Waals surface area contributed by atoms with Crippen molar-refractivity contribution in [2.45, 2.75) is 65.5 Å². The lowest BCUT2D eigenvalue weighted by Crippen LogP contribution is -2.51. The van der Waals surface area contributed by atoms with Crippen LogP contribution in [-0.4, -0.2) is 44.3 Å². The maximum absolute atomic E-state index is 6.03. The third-order valence-corrected chi connectivity index (χ3v) is 5.90. The zero-order valence-electron chi connectivity index (χ0n) is 14.5. The van der Waals surface area contributed by atoms with Gasteiger partial charge in [-0.2, -0.15) is 0 Å². The van der Waals surface area contributed by atoms with E-state index in [1.54, 1.807) is 7.11 Å². The highest BCUT2D eigenvalue weighted by Crippen LogP contribution is 2.43. The van der Waals surface area contributed by atoms with E-state index in [0.717, 1.165) is 19.1 Å². The van der Waals surface area contributed by atoms with Crippen molar-refractivity contribution in [3.63, 3.8) is 0 Å². The van der Waals surface area contributed by atoms with E-state index in [0.29, 0.717) is 23.4 Å². The molecule has 0 aromatic rings. The highest BCUT2D eigenvalue weighted by Gasteiger charge is 2.39. The van der Waals surface area contributed by atoms with Crippen LogP contribution >= 0.6 is 0 Å². The van der Waals surface area contributed by atoms with E-state index in [1.807, 2.05) is 0 Å². The van der Waals surface area contributed by atoms with Crippen LogP contribution in [0.2, 0.25) is 0 Å². The molecule has 0 radical (unpaired) electrons. The molecule has 2 N–H and O–H groups in total. The summed E-state index contributed by atoms with van der Waals surface area (Å²) in [6.45, 7) is 11.0. The summed E-state index contributed by atoms with van der Waals surface area (Å²) in [6, 6.07) is 1.07. The molecule has 4 unspecified atom stereocenters. The van der Waals surface area contributed by atoms with Crippen LogP contribution in [0.15, 0.2) is 0 Å². The number of hydrogen-bond donors (Lipinski definition) is 1. The number of nitrogens with two attached hydrogens (primary N) is 1. The summed E-state index contributed by atoms with van der Waals surface area (Å²) < 4.78 is 5.33. The third kappa shape index (κ3) is 4.19. The van der Waals surface area contributed by atoms with Crippen LogP contribution in [0.1, 0.15) is 53.4 Å². The van der Waals surface area contributed by atoms with E-state index in [-0.39, 0.29) is 0 Å². The molecule has 1 aliphatic carbocycles. The lowest BCUT2D eigenvalue weighted by molar-refractivity contribution is 0.0135. The van der Waals surface area contributed by atoms with Crippen LogP contribution < -0.4 is 5.73 Å². The van der Waals surface area contributed by atoms with Crippen molar-refractivity contribution >= 4 is 0 Å². The van der Waals surface area contributed by atoms with E-state index >= 15 is 0 Å². The first-order valence-corrected chi connectivity index (χ1v) is 8.28. The summed E-state index contributed by atoms with van der Waals surface area (Å²) in [5.41, 5.74) is 6.48. The average Bonchev–Trinajstić information content (AvgIpc) is 2.45. The number of likely N-dealkylation sites (N-methyl/N-ethyl adjacent to an activating group) is 1. The Kier molecular flexibility index (Phi) is 6.96. The molecular formula is C17H36N2O. The molecule has 0 saturated heterocycles. The molecule has 0 bridgehead atoms. The summed E-state index contributed by atoms with van der Waals surface area (Å²) >= 11 is 0. The van der Waals surface area contributed by atoms with Gasteiger partial charge in [0.05, 0.1) is 6.61 Å². The number of methoxy groups -OCH3 is 1. The van der Waals surface area contributed by atoms with Crippen LogP contribution in [0.25, 0.3) is 0 Å². The van der Waals surface area contributed by atoms with Gasteiger partial charge in [0.2, 0.25) is 0 Å². The van der Waals surface area contributed by atoms with E-state index < -0.39 is 0 Å². The maximum atomic E-state index is 6.03. The van der Waals surface area contributed by atoms with Gasteiger partial charge in [-0.1, -0.05) is 27.2 Å². The lowest BCUT2D eigenvalue weighted by Gasteiger charge is -2.47. The predicted molar refractivity (Wildman–Crippen MR) is 86.8 cm³/mol. The molecule has 3 heteroatoms. The van der Waals surface area contributed by atoms with Gasteiger partial charge in [0, 0.05) is 19.2 Å². The molecule has 0 aromatic heterocycles. The molecule has 1 aliphatic rings. The summed E-state index contributed by atoms with van der Waals surface area (Å²) in [5, 5.41) is 0. The minimum atomic E-state index is 0.448. The van der Waals surface area contributed by atoms with Crippen molar-refractivity contribution in [3.05, 3.63) is 0 Å². The predicted octanol–water partition coefficient (Wildman–Crippen LogP) is 3.13. The zero-order chi connectivity index (χ0) is 15.3. The van der Waals surface area contributed by atoms with Crippen molar-refractivity contribution in [1.29, 1.82) is 0 Å². The van der Waals surface area contributed by atoms with Gasteiger partial charge in [0.25, 0.3) is 0 Å². The van der Waals surface area contributed by atoms with E-state index in [2.05, 4.69) is 39.6 Å². The van der Waals surface area contributed by atoms with Gasteiger partial charge < -0.3 is 10.5 Å². The quantitative estimate of drug-likeness (QED) is 0.780. The summed E-state index contributed by atoms with van der Waals surface area (Å²) in [6.07, 6.45) is 5.16. The van der Waals surface area contributed by atoms with Crippen LogP contribution in [-0.2, 0) is 4.74 Å². The van der Waals surface area contributed by atoms with Crippen LogP contribution in [0.5, 0.6) is 0 Å². The Morgan fingerprint density at radius 2 is 2.00 bits per heavy atom. The molecule has 120 valence electrons. The lowest BCUT2D eigenvalue weighted by atomic mass is 9.65. The van der Waals surface area contributed by atoms with E-state index in [4.69, 9.17) is 10.5 Å². The molecule has 0 amide bonds. The number of hydrogen-bond acceptors (Lipinski definition) is 3. The fourth-order valence-electron chi connectivity index (χ4n) is 3.67. The number of ether oxygens (including phenoxy) is 1. The van der Waals surface area contributed by atoms with Crippen molar-refractivity contribution < 1.29 is 4.74 Å². The standard InChI is InChI=1S/C17H36N2O/c1-7-17(3,4)15-9-8-14(11-18)16(10-15)19(5)13(2)12-20-6/h13-16H,7-12,18H2,1-6H3. The number of rotatable bonds is 7. The highest BCUT2D eigenvalue weighted by molar-refractivity contribution is 4.92. The van der Waals surface area contributed by atoms with Gasteiger partial charge >= 0.3 is 0 Å². The normalized spacial score (nSPS) is 29.7. The molecule has 3 nitrogen and oxygen atoms in total. The second kappa shape index (κ2) is 7.77. The van der Waals surface area contributed by atoms with Crippen LogP contribution in [0.4, 0.5) is 0 Å². The monoisotopic (exact) mass is 284 g/mol. The minimum absolute atomic E-state index is 0.448. The molecule has 1 saturated carbocycles. The Balaban J connectivity index is 2.77. The van der Waals surface area contributed by atoms with Crippen molar-refractivity contribution in [2.75, 3.05) is 27.3 Å². The third-order valence-electron chi connectivity index (χ3n) is 5.90. The summed E-state index contributed by atoms with van der Waals surface area (Å²) in [7, 11) is 4.03. The Bertz CT molecular complexity index is 280. The smallest absolute Gasteiger partial charge is 0.0615 e. The van der Waals surface area contributed by atoms with Crippen molar-refractivity contribution in [3.8, 4) is 0 Å². The molecule has 1 rings (SSSR count). The molecule has 4 atom stereocenters. The Morgan fingerprint density at radius 1 is 1.35 bits per heavy atom. The molecule has 0 aliphatic heterocycles. The van der Waals surface area contributed by atoms with Gasteiger partial charge in [0.1, 0.15) is 0 Å². The molecular weight excluding hydrogens is 248 g/mol. The molecule has 0 heterocycles. The zero-order valence-corrected chi connectivity index (χ0v) is 14.5. The second-order valence-corrected chi connectivity index (χ2v) is 7.39. The van der Waals surface area contributed by atoms with Gasteiger partial charge in [-0.3, -0.25) is 4.90 Å². The fraction of sp³-hybridized carbons (Fsp3) is 1.00. The summed E-state index contributed by atoms with van der Waals surface area (Å²) in [4.78, 5) is 2.51. The largest absolute Gasteiger partial charge is 0.383 e. The van der Waals surface area contributed by atoms with Gasteiger partial charge in [-0.25, -0.2) is 0 Å². The maximum Gasteiger partial charge on any atom is 0.0615 e. The van der Waals surface area contributed by atoms with E-state index in [9.17, 15) is 0 Å². The molecule has 0 aromatic carbocycles. The van der Waals surface area contributed by atoms with Crippen molar-refractivity contribution in [1.82, 2.24) is 4.90 Å². The van der Waals surface area contributed by atoms with Gasteiger partial charge in [-0.05, 0) is 57.0 Å². The SMILES string of the molecule is CCC(C)(C)C1CCC(CN)C(N(C)C(C)COC)C1. The fourth-order valence-corrected chi connectivity index (χ4v) is 3.67. The Labute approximate surface area is 126 Å². The Hall–Kier alpha value is -0.120. The first-order chi connectivity index (χ1) is 9.37. The molecule has 0 spiro atoms. The average molecular weight is 284 g/mol. The van der Waals surface area contributed by atoms with E-state index in [1.165, 1.54) is 25.7 Å². The molecule has 1 fully saturated rings. The van der Waals surface area contributed by atoms with Crippen LogP contribution in [0, 0.1) is 17.3 Å². The first-order valence-electron chi connectivity index (χ1n) is 8.28. The van der Waals surface area contributed by atoms with Gasteiger partial charge in [-0.15, -0.1) is 0 Å². The van der Waals surface area contributed by atoms with Crippen LogP contribution in [0.3, 0.4) is 0 Å². The molecule has 20 heavy (non-hydrogen) atoms. The second-order valence-electron chi connectivity index (χ2n) is 7.39. The topological polar surface area (TPSA) is 38.5 Å². The summed E-state index contributed by atoms with van der Waals surface area (Å²) in [5.74, 6) is 1.46. The van der Waals surface area contributed by atoms with Gasteiger partial charge in [0.15, 0.2) is 0 Å².